The number of fused-ring (bicyclic) bond motifs is 3. The highest BCUT2D eigenvalue weighted by atomic mass is 16.2. The standard InChI is InChI=1S/C24H26N4O2/c1-16-6-5-7-18(14-16)25-23(29)17-10-11-21-20(15-17)26-22-24(30)27(12-13-28(21)22)19-8-3-2-4-9-19/h5-7,10-11,14-15,19H,2-4,8-9,12-13H2,1H3,(H,25,29). The highest BCUT2D eigenvalue weighted by Gasteiger charge is 2.33. The summed E-state index contributed by atoms with van der Waals surface area (Å²) in [6, 6.07) is 13.6. The van der Waals surface area contributed by atoms with Crippen molar-refractivity contribution in [2.75, 3.05) is 11.9 Å². The number of hydrogen-bond donors (Lipinski definition) is 1. The molecule has 154 valence electrons. The van der Waals surface area contributed by atoms with Crippen LogP contribution in [0, 0.1) is 6.92 Å². The van der Waals surface area contributed by atoms with Gasteiger partial charge in [-0.25, -0.2) is 4.98 Å². The highest BCUT2D eigenvalue weighted by Crippen LogP contribution is 2.28. The van der Waals surface area contributed by atoms with Crippen molar-refractivity contribution in [2.45, 2.75) is 51.6 Å². The summed E-state index contributed by atoms with van der Waals surface area (Å²) in [5.41, 5.74) is 4.00. The van der Waals surface area contributed by atoms with Gasteiger partial charge in [0.2, 0.25) is 0 Å². The lowest BCUT2D eigenvalue weighted by molar-refractivity contribution is 0.0566. The van der Waals surface area contributed by atoms with Crippen LogP contribution in [0.4, 0.5) is 5.69 Å². The summed E-state index contributed by atoms with van der Waals surface area (Å²) >= 11 is 0. The van der Waals surface area contributed by atoms with Gasteiger partial charge in [-0.15, -0.1) is 0 Å². The fraction of sp³-hybridized carbons (Fsp3) is 0.375. The molecule has 1 aromatic heterocycles. The minimum atomic E-state index is -0.177. The Kier molecular flexibility index (Phi) is 4.77. The Balaban J connectivity index is 1.41. The predicted octanol–water partition coefficient (Wildman–Crippen LogP) is 4.39. The molecule has 2 heterocycles. The number of carbonyl (C=O) groups excluding carboxylic acids is 2. The zero-order chi connectivity index (χ0) is 20.7. The molecule has 6 nitrogen and oxygen atoms in total. The number of hydrogen-bond acceptors (Lipinski definition) is 3. The van der Waals surface area contributed by atoms with Gasteiger partial charge in [0.15, 0.2) is 5.82 Å². The number of nitrogens with one attached hydrogen (secondary N) is 1. The Morgan fingerprint density at radius 1 is 1.07 bits per heavy atom. The van der Waals surface area contributed by atoms with Crippen LogP contribution in [0.2, 0.25) is 0 Å². The van der Waals surface area contributed by atoms with Gasteiger partial charge in [0.1, 0.15) is 0 Å². The summed E-state index contributed by atoms with van der Waals surface area (Å²) in [7, 11) is 0. The van der Waals surface area contributed by atoms with E-state index >= 15 is 0 Å². The first-order chi connectivity index (χ1) is 14.6. The normalized spacial score (nSPS) is 17.2. The second-order valence-electron chi connectivity index (χ2n) is 8.40. The molecule has 1 aliphatic heterocycles. The van der Waals surface area contributed by atoms with E-state index in [0.717, 1.165) is 42.7 Å². The number of nitrogens with zero attached hydrogens (tertiary/aromatic N) is 3. The molecule has 0 atom stereocenters. The Labute approximate surface area is 175 Å². The Bertz CT molecular complexity index is 1130. The number of imidazole rings is 1. The van der Waals surface area contributed by atoms with Gasteiger partial charge in [-0.2, -0.15) is 0 Å². The fourth-order valence-corrected chi connectivity index (χ4v) is 4.77. The average molecular weight is 402 g/mol. The second kappa shape index (κ2) is 7.59. The van der Waals surface area contributed by atoms with E-state index < -0.39 is 0 Å². The number of rotatable bonds is 3. The van der Waals surface area contributed by atoms with Crippen LogP contribution in [0.15, 0.2) is 42.5 Å². The summed E-state index contributed by atoms with van der Waals surface area (Å²) in [5, 5.41) is 2.94. The molecule has 0 unspecified atom stereocenters. The number of anilines is 1. The zero-order valence-electron chi connectivity index (χ0n) is 17.2. The van der Waals surface area contributed by atoms with E-state index in [9.17, 15) is 9.59 Å². The molecule has 30 heavy (non-hydrogen) atoms. The zero-order valence-corrected chi connectivity index (χ0v) is 17.2. The van der Waals surface area contributed by atoms with E-state index in [1.165, 1.54) is 19.3 Å². The summed E-state index contributed by atoms with van der Waals surface area (Å²) in [5.74, 6) is 0.344. The molecule has 5 rings (SSSR count). The summed E-state index contributed by atoms with van der Waals surface area (Å²) in [6.45, 7) is 3.48. The largest absolute Gasteiger partial charge is 0.331 e. The van der Waals surface area contributed by atoms with Crippen molar-refractivity contribution in [3.8, 4) is 0 Å². The van der Waals surface area contributed by atoms with E-state index in [4.69, 9.17) is 0 Å². The number of aromatic nitrogens is 2. The smallest absolute Gasteiger partial charge is 0.290 e. The molecule has 0 saturated heterocycles. The second-order valence-corrected chi connectivity index (χ2v) is 8.40. The van der Waals surface area contributed by atoms with Gasteiger partial charge in [0, 0.05) is 30.4 Å². The SMILES string of the molecule is Cc1cccc(NC(=O)c2ccc3c(c2)nc2n3CCN(C3CCCCC3)C2=O)c1. The van der Waals surface area contributed by atoms with Gasteiger partial charge in [0.05, 0.1) is 11.0 Å². The monoisotopic (exact) mass is 402 g/mol. The third-order valence-electron chi connectivity index (χ3n) is 6.32. The molecule has 0 bridgehead atoms. The van der Waals surface area contributed by atoms with Crippen molar-refractivity contribution in [2.24, 2.45) is 0 Å². The molecule has 2 aliphatic rings. The Morgan fingerprint density at radius 3 is 2.70 bits per heavy atom. The molecule has 1 saturated carbocycles. The topological polar surface area (TPSA) is 67.2 Å². The predicted molar refractivity (Wildman–Crippen MR) is 117 cm³/mol. The quantitative estimate of drug-likeness (QED) is 0.707. The molecule has 3 aromatic rings. The highest BCUT2D eigenvalue weighted by molar-refractivity contribution is 6.06. The van der Waals surface area contributed by atoms with Crippen LogP contribution in [0.3, 0.4) is 0 Å². The van der Waals surface area contributed by atoms with Gasteiger partial charge in [-0.05, 0) is 55.7 Å². The van der Waals surface area contributed by atoms with Crippen LogP contribution in [-0.2, 0) is 6.54 Å². The van der Waals surface area contributed by atoms with Crippen LogP contribution in [-0.4, -0.2) is 38.9 Å². The maximum absolute atomic E-state index is 13.1. The average Bonchev–Trinajstić information content (AvgIpc) is 3.13. The molecule has 0 radical (unpaired) electrons. The van der Waals surface area contributed by atoms with E-state index in [0.29, 0.717) is 22.9 Å². The maximum atomic E-state index is 13.1. The van der Waals surface area contributed by atoms with Crippen LogP contribution >= 0.6 is 0 Å². The van der Waals surface area contributed by atoms with Gasteiger partial charge >= 0.3 is 0 Å². The molecular weight excluding hydrogens is 376 g/mol. The first kappa shape index (κ1) is 18.9. The van der Waals surface area contributed by atoms with Gasteiger partial charge in [-0.1, -0.05) is 31.4 Å². The van der Waals surface area contributed by atoms with Crippen molar-refractivity contribution in [1.82, 2.24) is 14.5 Å². The Morgan fingerprint density at radius 2 is 1.90 bits per heavy atom. The third-order valence-corrected chi connectivity index (χ3v) is 6.32. The van der Waals surface area contributed by atoms with Crippen molar-refractivity contribution in [3.63, 3.8) is 0 Å². The summed E-state index contributed by atoms with van der Waals surface area (Å²) < 4.78 is 2.00. The Hall–Kier alpha value is -3.15. The van der Waals surface area contributed by atoms with Crippen LogP contribution in [0.25, 0.3) is 11.0 Å². The third kappa shape index (κ3) is 3.36. The number of amides is 2. The molecule has 6 heteroatoms. The van der Waals surface area contributed by atoms with Crippen molar-refractivity contribution >= 4 is 28.5 Å². The lowest BCUT2D eigenvalue weighted by atomic mass is 9.94. The van der Waals surface area contributed by atoms with E-state index in [-0.39, 0.29) is 11.8 Å². The molecule has 0 spiro atoms. The number of carbonyl (C=O) groups is 2. The van der Waals surface area contributed by atoms with E-state index in [1.807, 2.05) is 46.7 Å². The van der Waals surface area contributed by atoms with Crippen LogP contribution < -0.4 is 5.32 Å². The van der Waals surface area contributed by atoms with Crippen LogP contribution in [0.5, 0.6) is 0 Å². The molecular formula is C24H26N4O2. The maximum Gasteiger partial charge on any atom is 0.290 e. The molecule has 1 aliphatic carbocycles. The van der Waals surface area contributed by atoms with E-state index in [2.05, 4.69) is 10.3 Å². The van der Waals surface area contributed by atoms with E-state index in [1.54, 1.807) is 12.1 Å². The molecule has 1 fully saturated rings. The van der Waals surface area contributed by atoms with Crippen molar-refractivity contribution in [1.29, 1.82) is 0 Å². The van der Waals surface area contributed by atoms with Crippen molar-refractivity contribution < 1.29 is 9.59 Å². The summed E-state index contributed by atoms with van der Waals surface area (Å²) in [6.07, 6.45) is 5.85. The first-order valence-corrected chi connectivity index (χ1v) is 10.8. The van der Waals surface area contributed by atoms with Gasteiger partial charge in [-0.3, -0.25) is 9.59 Å². The molecule has 1 N–H and O–H groups in total. The fourth-order valence-electron chi connectivity index (χ4n) is 4.77. The first-order valence-electron chi connectivity index (χ1n) is 10.8. The van der Waals surface area contributed by atoms with Gasteiger partial charge < -0.3 is 14.8 Å². The lowest BCUT2D eigenvalue weighted by Crippen LogP contribution is -2.47. The van der Waals surface area contributed by atoms with Crippen molar-refractivity contribution in [3.05, 3.63) is 59.4 Å². The minimum absolute atomic E-state index is 0.0233. The minimum Gasteiger partial charge on any atom is -0.331 e. The molecule has 2 aromatic carbocycles. The lowest BCUT2D eigenvalue weighted by Gasteiger charge is -2.36. The number of aryl methyl sites for hydroxylation is 1. The van der Waals surface area contributed by atoms with Crippen LogP contribution in [0.1, 0.15) is 58.6 Å². The van der Waals surface area contributed by atoms with Gasteiger partial charge in [0.25, 0.3) is 11.8 Å². The number of benzene rings is 2. The summed E-state index contributed by atoms with van der Waals surface area (Å²) in [4.78, 5) is 32.5. The molecule has 2 amide bonds.